The predicted octanol–water partition coefficient (Wildman–Crippen LogP) is 0.997. The number of nitrogens with one attached hydrogen (secondary N) is 2. The van der Waals surface area contributed by atoms with Gasteiger partial charge in [-0.3, -0.25) is 0 Å². The van der Waals surface area contributed by atoms with Crippen LogP contribution < -0.4 is 15.8 Å². The zero-order chi connectivity index (χ0) is 15.2. The number of rotatable bonds is 8. The highest BCUT2D eigenvalue weighted by Gasteiger charge is 2.16. The Bertz CT molecular complexity index is 532. The molecule has 1 aromatic rings. The molecule has 1 aromatic carbocycles. The van der Waals surface area contributed by atoms with Crippen LogP contribution in [0.4, 0.5) is 11.4 Å². The van der Waals surface area contributed by atoms with Gasteiger partial charge in [-0.2, -0.15) is 0 Å². The van der Waals surface area contributed by atoms with Crippen molar-refractivity contribution in [1.29, 1.82) is 0 Å². The third kappa shape index (κ3) is 4.66. The lowest BCUT2D eigenvalue weighted by Crippen LogP contribution is -2.20. The molecule has 0 bridgehead atoms. The molecule has 114 valence electrons. The highest BCUT2D eigenvalue weighted by atomic mass is 32.2. The Labute approximate surface area is 120 Å². The van der Waals surface area contributed by atoms with Gasteiger partial charge in [-0.15, -0.1) is 0 Å². The highest BCUT2D eigenvalue weighted by Crippen LogP contribution is 2.23. The maximum atomic E-state index is 11.9. The van der Waals surface area contributed by atoms with Gasteiger partial charge in [0.1, 0.15) is 4.90 Å². The van der Waals surface area contributed by atoms with E-state index in [0.717, 1.165) is 12.8 Å². The van der Waals surface area contributed by atoms with Crippen molar-refractivity contribution < 1.29 is 13.5 Å². The fourth-order valence-electron chi connectivity index (χ4n) is 1.78. The molecule has 1 rings (SSSR count). The number of aliphatic hydroxyl groups is 1. The van der Waals surface area contributed by atoms with Crippen molar-refractivity contribution in [3.63, 3.8) is 0 Å². The standard InChI is InChI=1S/C13H23N3O3S/c1-10(9-17)4-3-7-16-12-6-5-11(14)8-13(12)20(18,19)15-2/h5-6,8,10,15-17H,3-4,7,9,14H2,1-2H3. The fraction of sp³-hybridized carbons (Fsp3) is 0.538. The van der Waals surface area contributed by atoms with Gasteiger partial charge < -0.3 is 16.2 Å². The molecule has 0 aliphatic heterocycles. The van der Waals surface area contributed by atoms with Crippen molar-refractivity contribution in [2.45, 2.75) is 24.7 Å². The maximum Gasteiger partial charge on any atom is 0.242 e. The van der Waals surface area contributed by atoms with Gasteiger partial charge in [0.2, 0.25) is 10.0 Å². The second kappa shape index (κ2) is 7.47. The third-order valence-corrected chi connectivity index (χ3v) is 4.52. The molecule has 6 nitrogen and oxygen atoms in total. The van der Waals surface area contributed by atoms with E-state index in [1.54, 1.807) is 12.1 Å². The molecule has 0 saturated carbocycles. The zero-order valence-corrected chi connectivity index (χ0v) is 12.7. The number of anilines is 2. The van der Waals surface area contributed by atoms with Crippen LogP contribution in [-0.2, 0) is 10.0 Å². The number of aliphatic hydroxyl groups excluding tert-OH is 1. The van der Waals surface area contributed by atoms with E-state index in [0.29, 0.717) is 17.9 Å². The van der Waals surface area contributed by atoms with Gasteiger partial charge in [0, 0.05) is 18.8 Å². The minimum Gasteiger partial charge on any atom is -0.399 e. The van der Waals surface area contributed by atoms with E-state index in [9.17, 15) is 8.42 Å². The van der Waals surface area contributed by atoms with Crippen molar-refractivity contribution >= 4 is 21.4 Å². The summed E-state index contributed by atoms with van der Waals surface area (Å²) in [5.74, 6) is 0.253. The van der Waals surface area contributed by atoms with Crippen LogP contribution >= 0.6 is 0 Å². The smallest absolute Gasteiger partial charge is 0.242 e. The number of sulfonamides is 1. The Kier molecular flexibility index (Phi) is 6.25. The van der Waals surface area contributed by atoms with Gasteiger partial charge in [-0.05, 0) is 44.0 Å². The Morgan fingerprint density at radius 3 is 2.70 bits per heavy atom. The molecule has 0 fully saturated rings. The van der Waals surface area contributed by atoms with E-state index in [2.05, 4.69) is 10.0 Å². The average molecular weight is 301 g/mol. The van der Waals surface area contributed by atoms with E-state index >= 15 is 0 Å². The van der Waals surface area contributed by atoms with Crippen molar-refractivity contribution in [3.05, 3.63) is 18.2 Å². The summed E-state index contributed by atoms with van der Waals surface area (Å²) in [6.07, 6.45) is 1.73. The van der Waals surface area contributed by atoms with E-state index in [-0.39, 0.29) is 17.4 Å². The molecule has 7 heteroatoms. The predicted molar refractivity (Wildman–Crippen MR) is 81.1 cm³/mol. The van der Waals surface area contributed by atoms with Gasteiger partial charge >= 0.3 is 0 Å². The van der Waals surface area contributed by atoms with E-state index in [1.807, 2.05) is 6.92 Å². The normalized spacial score (nSPS) is 13.2. The molecule has 0 aliphatic rings. The van der Waals surface area contributed by atoms with Gasteiger partial charge in [-0.25, -0.2) is 13.1 Å². The zero-order valence-electron chi connectivity index (χ0n) is 11.9. The second-order valence-corrected chi connectivity index (χ2v) is 6.67. The molecule has 1 unspecified atom stereocenters. The monoisotopic (exact) mass is 301 g/mol. The molecule has 0 saturated heterocycles. The van der Waals surface area contributed by atoms with Crippen molar-refractivity contribution in [2.24, 2.45) is 5.92 Å². The van der Waals surface area contributed by atoms with Gasteiger partial charge in [0.05, 0.1) is 5.69 Å². The van der Waals surface area contributed by atoms with E-state index in [4.69, 9.17) is 10.8 Å². The Hall–Kier alpha value is -1.31. The quantitative estimate of drug-likeness (QED) is 0.423. The summed E-state index contributed by atoms with van der Waals surface area (Å²) in [4.78, 5) is 0.148. The summed E-state index contributed by atoms with van der Waals surface area (Å²) in [5.41, 5.74) is 6.58. The number of nitrogens with two attached hydrogens (primary N) is 1. The first-order chi connectivity index (χ1) is 9.40. The molecular formula is C13H23N3O3S. The summed E-state index contributed by atoms with van der Waals surface area (Å²) < 4.78 is 26.1. The molecule has 5 N–H and O–H groups in total. The van der Waals surface area contributed by atoms with E-state index < -0.39 is 10.0 Å². The highest BCUT2D eigenvalue weighted by molar-refractivity contribution is 7.89. The summed E-state index contributed by atoms with van der Waals surface area (Å²) in [5, 5.41) is 12.0. The van der Waals surface area contributed by atoms with E-state index in [1.165, 1.54) is 13.1 Å². The summed E-state index contributed by atoms with van der Waals surface area (Å²) in [6.45, 7) is 2.78. The number of benzene rings is 1. The second-order valence-electron chi connectivity index (χ2n) is 4.82. The number of hydrogen-bond donors (Lipinski definition) is 4. The molecule has 20 heavy (non-hydrogen) atoms. The van der Waals surface area contributed by atoms with Crippen molar-refractivity contribution in [1.82, 2.24) is 4.72 Å². The Balaban J connectivity index is 2.75. The number of nitrogen functional groups attached to an aromatic ring is 1. The summed E-state index contributed by atoms with van der Waals surface area (Å²) >= 11 is 0. The van der Waals surface area contributed by atoms with Crippen LogP contribution in [-0.4, -0.2) is 33.7 Å². The third-order valence-electron chi connectivity index (χ3n) is 3.06. The maximum absolute atomic E-state index is 11.9. The first kappa shape index (κ1) is 16.7. The largest absolute Gasteiger partial charge is 0.399 e. The summed E-state index contributed by atoms with van der Waals surface area (Å²) in [7, 11) is -2.18. The molecule has 0 heterocycles. The number of hydrogen-bond acceptors (Lipinski definition) is 5. The molecular weight excluding hydrogens is 278 g/mol. The van der Waals surface area contributed by atoms with Crippen LogP contribution in [0.5, 0.6) is 0 Å². The van der Waals surface area contributed by atoms with Crippen LogP contribution in [0.2, 0.25) is 0 Å². The van der Waals surface area contributed by atoms with Crippen LogP contribution in [0, 0.1) is 5.92 Å². The van der Waals surface area contributed by atoms with Gasteiger partial charge in [0.15, 0.2) is 0 Å². The van der Waals surface area contributed by atoms with Crippen molar-refractivity contribution in [3.8, 4) is 0 Å². The van der Waals surface area contributed by atoms with Crippen LogP contribution in [0.25, 0.3) is 0 Å². The van der Waals surface area contributed by atoms with Gasteiger partial charge in [-0.1, -0.05) is 6.92 Å². The summed E-state index contributed by atoms with van der Waals surface area (Å²) in [6, 6.07) is 4.76. The molecule has 0 aliphatic carbocycles. The first-order valence-corrected chi connectivity index (χ1v) is 8.07. The lowest BCUT2D eigenvalue weighted by atomic mass is 10.1. The molecule has 1 atom stereocenters. The van der Waals surface area contributed by atoms with Crippen LogP contribution in [0.1, 0.15) is 19.8 Å². The average Bonchev–Trinajstić information content (AvgIpc) is 2.44. The Morgan fingerprint density at radius 2 is 2.10 bits per heavy atom. The van der Waals surface area contributed by atoms with Crippen LogP contribution in [0.15, 0.2) is 23.1 Å². The minimum absolute atomic E-state index is 0.148. The van der Waals surface area contributed by atoms with Crippen LogP contribution in [0.3, 0.4) is 0 Å². The topological polar surface area (TPSA) is 104 Å². The fourth-order valence-corrected chi connectivity index (χ4v) is 2.72. The molecule has 0 amide bonds. The van der Waals surface area contributed by atoms with Gasteiger partial charge in [0.25, 0.3) is 0 Å². The van der Waals surface area contributed by atoms with Crippen molar-refractivity contribution in [2.75, 3.05) is 31.2 Å². The first-order valence-electron chi connectivity index (χ1n) is 6.58. The minimum atomic E-state index is -3.54. The molecule has 0 aromatic heterocycles. The lowest BCUT2D eigenvalue weighted by Gasteiger charge is -2.13. The molecule has 0 radical (unpaired) electrons. The molecule has 0 spiro atoms. The Morgan fingerprint density at radius 1 is 1.40 bits per heavy atom. The SMILES string of the molecule is CNS(=O)(=O)c1cc(N)ccc1NCCCC(C)CO. The lowest BCUT2D eigenvalue weighted by molar-refractivity contribution is 0.229.